The minimum absolute atomic E-state index is 0.260. The van der Waals surface area contributed by atoms with E-state index in [1.165, 1.54) is 19.2 Å². The first-order chi connectivity index (χ1) is 11.8. The molecule has 0 fully saturated rings. The molecule has 0 radical (unpaired) electrons. The van der Waals surface area contributed by atoms with Gasteiger partial charge in [-0.15, -0.1) is 0 Å². The van der Waals surface area contributed by atoms with Crippen LogP contribution in [0, 0.1) is 0 Å². The molecule has 3 aromatic rings. The standard InChI is InChI=1S/C18H14F3NO3/c1-25-12-6-7-15-13(8-12)14(9-16(23)24)17(22-15)10-2-4-11(5-3-10)18(19,20)21/h2-8,22H,9H2,1H3,(H,23,24). The molecule has 0 saturated carbocycles. The van der Waals surface area contributed by atoms with Crippen LogP contribution in [0.1, 0.15) is 11.1 Å². The molecule has 0 spiro atoms. The van der Waals surface area contributed by atoms with Crippen molar-refractivity contribution in [2.45, 2.75) is 12.6 Å². The molecule has 7 heteroatoms. The zero-order chi connectivity index (χ0) is 18.2. The van der Waals surface area contributed by atoms with Gasteiger partial charge in [-0.25, -0.2) is 0 Å². The summed E-state index contributed by atoms with van der Waals surface area (Å²) in [6, 6.07) is 9.79. The Morgan fingerprint density at radius 3 is 2.40 bits per heavy atom. The number of nitrogens with one attached hydrogen (secondary N) is 1. The molecule has 0 atom stereocenters. The van der Waals surface area contributed by atoms with Gasteiger partial charge >= 0.3 is 12.1 Å². The van der Waals surface area contributed by atoms with Gasteiger partial charge in [0.05, 0.1) is 24.8 Å². The van der Waals surface area contributed by atoms with E-state index in [0.717, 1.165) is 12.1 Å². The molecule has 130 valence electrons. The van der Waals surface area contributed by atoms with Gasteiger partial charge in [-0.2, -0.15) is 13.2 Å². The normalized spacial score (nSPS) is 11.7. The van der Waals surface area contributed by atoms with E-state index in [9.17, 15) is 23.1 Å². The van der Waals surface area contributed by atoms with Crippen LogP contribution in [0.5, 0.6) is 5.75 Å². The number of carboxylic acid groups (broad SMARTS) is 1. The van der Waals surface area contributed by atoms with Crippen LogP contribution in [0.3, 0.4) is 0 Å². The SMILES string of the molecule is COc1ccc2[nH]c(-c3ccc(C(F)(F)F)cc3)c(CC(=O)O)c2c1. The lowest BCUT2D eigenvalue weighted by molar-refractivity contribution is -0.138. The van der Waals surface area contributed by atoms with Crippen molar-refractivity contribution in [3.8, 4) is 17.0 Å². The second-order valence-corrected chi connectivity index (χ2v) is 5.54. The van der Waals surface area contributed by atoms with Crippen molar-refractivity contribution in [2.24, 2.45) is 0 Å². The predicted molar refractivity (Wildman–Crippen MR) is 86.6 cm³/mol. The van der Waals surface area contributed by atoms with Crippen molar-refractivity contribution in [2.75, 3.05) is 7.11 Å². The molecule has 25 heavy (non-hydrogen) atoms. The summed E-state index contributed by atoms with van der Waals surface area (Å²) in [6.45, 7) is 0. The summed E-state index contributed by atoms with van der Waals surface area (Å²) in [6.07, 6.45) is -4.68. The molecule has 0 aliphatic rings. The number of aromatic nitrogens is 1. The van der Waals surface area contributed by atoms with E-state index in [4.69, 9.17) is 4.74 Å². The summed E-state index contributed by atoms with van der Waals surface area (Å²) in [4.78, 5) is 14.3. The Morgan fingerprint density at radius 1 is 1.16 bits per heavy atom. The number of ether oxygens (including phenoxy) is 1. The number of methoxy groups -OCH3 is 1. The maximum absolute atomic E-state index is 12.7. The minimum Gasteiger partial charge on any atom is -0.497 e. The highest BCUT2D eigenvalue weighted by molar-refractivity contribution is 5.94. The zero-order valence-corrected chi connectivity index (χ0v) is 13.1. The van der Waals surface area contributed by atoms with Gasteiger partial charge in [-0.1, -0.05) is 12.1 Å². The highest BCUT2D eigenvalue weighted by Gasteiger charge is 2.30. The van der Waals surface area contributed by atoms with Crippen LogP contribution in [0.2, 0.25) is 0 Å². The van der Waals surface area contributed by atoms with E-state index in [-0.39, 0.29) is 6.42 Å². The summed E-state index contributed by atoms with van der Waals surface area (Å²) < 4.78 is 43.3. The Kier molecular flexibility index (Phi) is 4.16. The van der Waals surface area contributed by atoms with Crippen molar-refractivity contribution in [1.29, 1.82) is 0 Å². The van der Waals surface area contributed by atoms with Gasteiger partial charge in [0.15, 0.2) is 0 Å². The van der Waals surface area contributed by atoms with Crippen LogP contribution in [-0.4, -0.2) is 23.2 Å². The Hall–Kier alpha value is -2.96. The number of alkyl halides is 3. The minimum atomic E-state index is -4.42. The second-order valence-electron chi connectivity index (χ2n) is 5.54. The highest BCUT2D eigenvalue weighted by atomic mass is 19.4. The number of hydrogen-bond donors (Lipinski definition) is 2. The van der Waals surface area contributed by atoms with Crippen LogP contribution < -0.4 is 4.74 Å². The van der Waals surface area contributed by atoms with E-state index in [2.05, 4.69) is 4.98 Å². The lowest BCUT2D eigenvalue weighted by Gasteiger charge is -2.08. The highest BCUT2D eigenvalue weighted by Crippen LogP contribution is 2.35. The maximum Gasteiger partial charge on any atom is 0.416 e. The Labute approximate surface area is 140 Å². The third-order valence-corrected chi connectivity index (χ3v) is 3.94. The van der Waals surface area contributed by atoms with Crippen molar-refractivity contribution in [1.82, 2.24) is 4.98 Å². The van der Waals surface area contributed by atoms with Gasteiger partial charge < -0.3 is 14.8 Å². The van der Waals surface area contributed by atoms with E-state index < -0.39 is 17.7 Å². The first-order valence-electron chi connectivity index (χ1n) is 7.37. The molecule has 0 aliphatic carbocycles. The molecular weight excluding hydrogens is 335 g/mol. The quantitative estimate of drug-likeness (QED) is 0.729. The molecule has 1 heterocycles. The third-order valence-electron chi connectivity index (χ3n) is 3.94. The van der Waals surface area contributed by atoms with E-state index in [1.807, 2.05) is 0 Å². The molecule has 0 amide bonds. The van der Waals surface area contributed by atoms with Crippen LogP contribution in [0.4, 0.5) is 13.2 Å². The largest absolute Gasteiger partial charge is 0.497 e. The smallest absolute Gasteiger partial charge is 0.416 e. The topological polar surface area (TPSA) is 62.3 Å². The number of benzene rings is 2. The predicted octanol–water partition coefficient (Wildman–Crippen LogP) is 4.49. The van der Waals surface area contributed by atoms with E-state index >= 15 is 0 Å². The average molecular weight is 349 g/mol. The number of carboxylic acids is 1. The second kappa shape index (κ2) is 6.16. The van der Waals surface area contributed by atoms with Gasteiger partial charge in [0.1, 0.15) is 5.75 Å². The number of halogens is 3. The van der Waals surface area contributed by atoms with Gasteiger partial charge in [-0.3, -0.25) is 4.79 Å². The fourth-order valence-corrected chi connectivity index (χ4v) is 2.76. The number of aromatic amines is 1. The molecule has 2 N–H and O–H groups in total. The van der Waals surface area contributed by atoms with Gasteiger partial charge in [0, 0.05) is 10.9 Å². The molecule has 1 aromatic heterocycles. The number of H-pyrrole nitrogens is 1. The Balaban J connectivity index is 2.15. The van der Waals surface area contributed by atoms with E-state index in [0.29, 0.717) is 33.5 Å². The molecule has 4 nitrogen and oxygen atoms in total. The summed E-state index contributed by atoms with van der Waals surface area (Å²) in [5, 5.41) is 9.86. The molecule has 0 aliphatic heterocycles. The number of rotatable bonds is 4. The fraction of sp³-hybridized carbons (Fsp3) is 0.167. The molecule has 0 bridgehead atoms. The number of fused-ring (bicyclic) bond motifs is 1. The van der Waals surface area contributed by atoms with Crippen LogP contribution in [0.15, 0.2) is 42.5 Å². The first-order valence-corrected chi connectivity index (χ1v) is 7.37. The Morgan fingerprint density at radius 2 is 1.84 bits per heavy atom. The molecular formula is C18H14F3NO3. The van der Waals surface area contributed by atoms with Gasteiger partial charge in [0.25, 0.3) is 0 Å². The summed E-state index contributed by atoms with van der Waals surface area (Å²) >= 11 is 0. The number of hydrogen-bond acceptors (Lipinski definition) is 2. The zero-order valence-electron chi connectivity index (χ0n) is 13.1. The monoisotopic (exact) mass is 349 g/mol. The summed E-state index contributed by atoms with van der Waals surface area (Å²) in [5.41, 5.74) is 1.40. The summed E-state index contributed by atoms with van der Waals surface area (Å²) in [5.74, 6) is -0.464. The maximum atomic E-state index is 12.7. The molecule has 0 unspecified atom stereocenters. The van der Waals surface area contributed by atoms with Crippen LogP contribution >= 0.6 is 0 Å². The number of carbonyl (C=O) groups is 1. The van der Waals surface area contributed by atoms with Gasteiger partial charge in [0.2, 0.25) is 0 Å². The van der Waals surface area contributed by atoms with Gasteiger partial charge in [-0.05, 0) is 41.5 Å². The van der Waals surface area contributed by atoms with Crippen molar-refractivity contribution >= 4 is 16.9 Å². The third kappa shape index (κ3) is 3.31. The lowest BCUT2D eigenvalue weighted by atomic mass is 10.0. The summed E-state index contributed by atoms with van der Waals surface area (Å²) in [7, 11) is 1.50. The molecule has 2 aromatic carbocycles. The van der Waals surface area contributed by atoms with Crippen molar-refractivity contribution < 1.29 is 27.8 Å². The fourth-order valence-electron chi connectivity index (χ4n) is 2.76. The average Bonchev–Trinajstić information content (AvgIpc) is 2.91. The lowest BCUT2D eigenvalue weighted by Crippen LogP contribution is -2.04. The Bertz CT molecular complexity index is 927. The molecule has 3 rings (SSSR count). The van der Waals surface area contributed by atoms with Crippen molar-refractivity contribution in [3.63, 3.8) is 0 Å². The molecule has 0 saturated heterocycles. The van der Waals surface area contributed by atoms with E-state index in [1.54, 1.807) is 18.2 Å². The number of aliphatic carboxylic acids is 1. The first kappa shape index (κ1) is 16.9. The van der Waals surface area contributed by atoms with Crippen LogP contribution in [-0.2, 0) is 17.4 Å². The van der Waals surface area contributed by atoms with Crippen LogP contribution in [0.25, 0.3) is 22.2 Å². The van der Waals surface area contributed by atoms with Crippen molar-refractivity contribution in [3.05, 3.63) is 53.6 Å².